The second-order valence-corrected chi connectivity index (χ2v) is 4.68. The average Bonchev–Trinajstić information content (AvgIpc) is 2.81. The van der Waals surface area contributed by atoms with Crippen molar-refractivity contribution in [2.75, 3.05) is 5.73 Å². The fourth-order valence-electron chi connectivity index (χ4n) is 1.33. The van der Waals surface area contributed by atoms with E-state index in [1.54, 1.807) is 12.5 Å². The summed E-state index contributed by atoms with van der Waals surface area (Å²) in [5.74, 6) is 0. The van der Waals surface area contributed by atoms with Gasteiger partial charge in [-0.1, -0.05) is 0 Å². The van der Waals surface area contributed by atoms with Crippen LogP contribution in [0.25, 0.3) is 0 Å². The van der Waals surface area contributed by atoms with Gasteiger partial charge in [-0.05, 0) is 32.5 Å². The van der Waals surface area contributed by atoms with Gasteiger partial charge in [-0.15, -0.1) is 0 Å². The van der Waals surface area contributed by atoms with E-state index >= 15 is 0 Å². The molecular weight excluding hydrogens is 224 g/mol. The van der Waals surface area contributed by atoms with Crippen LogP contribution in [0.2, 0.25) is 0 Å². The lowest BCUT2D eigenvalue weighted by molar-refractivity contribution is 0.449. The van der Waals surface area contributed by atoms with Crippen LogP contribution in [0, 0.1) is 6.92 Å². The van der Waals surface area contributed by atoms with Gasteiger partial charge in [0.1, 0.15) is 11.3 Å². The van der Waals surface area contributed by atoms with Gasteiger partial charge in [0.15, 0.2) is 0 Å². The van der Waals surface area contributed by atoms with E-state index in [-0.39, 0.29) is 6.04 Å². The van der Waals surface area contributed by atoms with Gasteiger partial charge >= 0.3 is 0 Å². The van der Waals surface area contributed by atoms with Crippen molar-refractivity contribution in [2.24, 2.45) is 0 Å². The van der Waals surface area contributed by atoms with Gasteiger partial charge in [0, 0.05) is 6.04 Å². The topological polar surface area (TPSA) is 69.9 Å². The zero-order valence-corrected chi connectivity index (χ0v) is 10.3. The molecule has 0 aliphatic carbocycles. The van der Waals surface area contributed by atoms with Crippen molar-refractivity contribution in [1.29, 1.82) is 0 Å². The average molecular weight is 238 g/mol. The second kappa shape index (κ2) is 4.21. The Kier molecular flexibility index (Phi) is 2.91. The number of hydrogen-bond acceptors (Lipinski definition) is 5. The first-order valence-electron chi connectivity index (χ1n) is 5.01. The van der Waals surface area contributed by atoms with Gasteiger partial charge in [-0.3, -0.25) is 4.68 Å². The third-order valence-corrected chi connectivity index (χ3v) is 3.15. The summed E-state index contributed by atoms with van der Waals surface area (Å²) < 4.78 is 7.08. The number of nitrogens with two attached hydrogens (primary N) is 1. The van der Waals surface area contributed by atoms with Gasteiger partial charge in [0.25, 0.3) is 5.22 Å². The molecule has 0 unspecified atom stereocenters. The van der Waals surface area contributed by atoms with Crippen LogP contribution in [0.1, 0.15) is 25.6 Å². The van der Waals surface area contributed by atoms with Crippen LogP contribution < -0.4 is 5.73 Å². The van der Waals surface area contributed by atoms with E-state index in [1.165, 1.54) is 11.8 Å². The Morgan fingerprint density at radius 1 is 1.50 bits per heavy atom. The number of aromatic nitrogens is 3. The molecule has 0 fully saturated rings. The molecule has 0 atom stereocenters. The molecule has 0 bridgehead atoms. The van der Waals surface area contributed by atoms with Crippen molar-refractivity contribution in [3.05, 3.63) is 18.2 Å². The number of nitrogen functional groups attached to an aromatic ring is 1. The Morgan fingerprint density at radius 3 is 2.81 bits per heavy atom. The summed E-state index contributed by atoms with van der Waals surface area (Å²) in [6, 6.07) is 0.258. The maximum absolute atomic E-state index is 5.98. The summed E-state index contributed by atoms with van der Waals surface area (Å²) in [7, 11) is 0. The highest BCUT2D eigenvalue weighted by molar-refractivity contribution is 7.99. The predicted molar refractivity (Wildman–Crippen MR) is 62.4 cm³/mol. The molecule has 6 heteroatoms. The number of rotatable bonds is 3. The van der Waals surface area contributed by atoms with Gasteiger partial charge in [-0.25, -0.2) is 4.98 Å². The summed E-state index contributed by atoms with van der Waals surface area (Å²) in [6.07, 6.45) is 3.16. The standard InChI is InChI=1S/C10H14N4OS/c1-6(2)14-9(8(11)7(3)13-14)16-10-12-4-5-15-10/h4-6H,11H2,1-3H3. The Hall–Kier alpha value is -1.43. The number of oxazole rings is 1. The molecule has 0 aromatic carbocycles. The third kappa shape index (κ3) is 1.92. The first-order chi connectivity index (χ1) is 7.59. The van der Waals surface area contributed by atoms with Gasteiger partial charge < -0.3 is 10.2 Å². The Labute approximate surface area is 98.0 Å². The summed E-state index contributed by atoms with van der Waals surface area (Å²) in [4.78, 5) is 4.06. The molecule has 0 spiro atoms. The highest BCUT2D eigenvalue weighted by Crippen LogP contribution is 2.34. The Balaban J connectivity index is 2.38. The molecule has 16 heavy (non-hydrogen) atoms. The lowest BCUT2D eigenvalue weighted by Crippen LogP contribution is -2.04. The molecule has 2 rings (SSSR count). The molecule has 0 aliphatic rings. The largest absolute Gasteiger partial charge is 0.440 e. The monoisotopic (exact) mass is 238 g/mol. The van der Waals surface area contributed by atoms with Crippen molar-refractivity contribution < 1.29 is 4.42 Å². The van der Waals surface area contributed by atoms with Crippen LogP contribution in [0.5, 0.6) is 0 Å². The van der Waals surface area contributed by atoms with Gasteiger partial charge in [-0.2, -0.15) is 5.10 Å². The third-order valence-electron chi connectivity index (χ3n) is 2.17. The van der Waals surface area contributed by atoms with Crippen LogP contribution in [0.3, 0.4) is 0 Å². The second-order valence-electron chi connectivity index (χ2n) is 3.74. The van der Waals surface area contributed by atoms with Crippen molar-refractivity contribution in [1.82, 2.24) is 14.8 Å². The zero-order chi connectivity index (χ0) is 11.7. The quantitative estimate of drug-likeness (QED) is 0.889. The Morgan fingerprint density at radius 2 is 2.25 bits per heavy atom. The number of hydrogen-bond donors (Lipinski definition) is 1. The molecule has 0 aliphatic heterocycles. The van der Waals surface area contributed by atoms with Gasteiger partial charge in [0.2, 0.25) is 0 Å². The molecule has 2 N–H and O–H groups in total. The fraction of sp³-hybridized carbons (Fsp3) is 0.400. The van der Waals surface area contributed by atoms with Crippen LogP contribution in [0.4, 0.5) is 5.69 Å². The molecule has 2 aromatic rings. The Bertz CT molecular complexity index is 475. The minimum Gasteiger partial charge on any atom is -0.440 e. The molecule has 0 radical (unpaired) electrons. The predicted octanol–water partition coefficient (Wildman–Crippen LogP) is 2.49. The normalized spacial score (nSPS) is 11.2. The first kappa shape index (κ1) is 11.1. The number of aryl methyl sites for hydroxylation is 1. The van der Waals surface area contributed by atoms with Crippen LogP contribution >= 0.6 is 11.8 Å². The molecule has 0 saturated heterocycles. The lowest BCUT2D eigenvalue weighted by Gasteiger charge is -2.09. The maximum atomic E-state index is 5.98. The van der Waals surface area contributed by atoms with Crippen LogP contribution in [-0.4, -0.2) is 14.8 Å². The fourth-order valence-corrected chi connectivity index (χ4v) is 2.32. The molecule has 0 saturated carbocycles. The summed E-state index contributed by atoms with van der Waals surface area (Å²) in [6.45, 7) is 6.02. The van der Waals surface area contributed by atoms with E-state index in [0.29, 0.717) is 10.9 Å². The molecule has 2 heterocycles. The minimum absolute atomic E-state index is 0.258. The van der Waals surface area contributed by atoms with E-state index in [0.717, 1.165) is 10.7 Å². The minimum atomic E-state index is 0.258. The lowest BCUT2D eigenvalue weighted by atomic mass is 10.4. The summed E-state index contributed by atoms with van der Waals surface area (Å²) in [5.41, 5.74) is 7.51. The molecule has 0 amide bonds. The molecule has 86 valence electrons. The SMILES string of the molecule is Cc1nn(C(C)C)c(Sc2ncco2)c1N. The van der Waals surface area contributed by atoms with Crippen molar-refractivity contribution in [2.45, 2.75) is 37.1 Å². The van der Waals surface area contributed by atoms with E-state index in [1.807, 2.05) is 11.6 Å². The maximum Gasteiger partial charge on any atom is 0.262 e. The van der Waals surface area contributed by atoms with Crippen LogP contribution in [-0.2, 0) is 0 Å². The first-order valence-corrected chi connectivity index (χ1v) is 5.83. The van der Waals surface area contributed by atoms with Crippen molar-refractivity contribution in [3.63, 3.8) is 0 Å². The van der Waals surface area contributed by atoms with E-state index in [9.17, 15) is 0 Å². The van der Waals surface area contributed by atoms with Crippen molar-refractivity contribution >= 4 is 17.4 Å². The molecular formula is C10H14N4OS. The van der Waals surface area contributed by atoms with E-state index < -0.39 is 0 Å². The summed E-state index contributed by atoms with van der Waals surface area (Å²) in [5, 5.41) is 5.85. The van der Waals surface area contributed by atoms with Gasteiger partial charge in [0.05, 0.1) is 17.6 Å². The smallest absolute Gasteiger partial charge is 0.262 e. The number of anilines is 1. The molecule has 2 aromatic heterocycles. The highest BCUT2D eigenvalue weighted by atomic mass is 32.2. The highest BCUT2D eigenvalue weighted by Gasteiger charge is 2.17. The van der Waals surface area contributed by atoms with E-state index in [2.05, 4.69) is 23.9 Å². The van der Waals surface area contributed by atoms with E-state index in [4.69, 9.17) is 10.2 Å². The zero-order valence-electron chi connectivity index (χ0n) is 9.47. The molecule has 5 nitrogen and oxygen atoms in total. The van der Waals surface area contributed by atoms with Crippen LogP contribution in [0.15, 0.2) is 27.1 Å². The van der Waals surface area contributed by atoms with Crippen molar-refractivity contribution in [3.8, 4) is 0 Å². The number of nitrogens with zero attached hydrogens (tertiary/aromatic N) is 3. The summed E-state index contributed by atoms with van der Waals surface area (Å²) >= 11 is 1.39.